The van der Waals surface area contributed by atoms with Gasteiger partial charge in [-0.25, -0.2) is 9.87 Å². The molecule has 190 valence electrons. The fourth-order valence-electron chi connectivity index (χ4n) is 4.01. The zero-order chi connectivity index (χ0) is 26.5. The lowest BCUT2D eigenvalue weighted by molar-refractivity contribution is -0.124. The molecule has 0 radical (unpaired) electrons. The Morgan fingerprint density at radius 2 is 1.89 bits per heavy atom. The van der Waals surface area contributed by atoms with Gasteiger partial charge < -0.3 is 20.4 Å². The Bertz CT molecular complexity index is 1420. The van der Waals surface area contributed by atoms with Crippen molar-refractivity contribution in [1.82, 2.24) is 15.8 Å². The fourth-order valence-corrected chi connectivity index (χ4v) is 4.01. The van der Waals surface area contributed by atoms with Crippen LogP contribution in [0.15, 0.2) is 48.5 Å². The van der Waals surface area contributed by atoms with E-state index in [4.69, 9.17) is 9.94 Å². The first kappa shape index (κ1) is 25.4. The van der Waals surface area contributed by atoms with Crippen molar-refractivity contribution >= 4 is 41.1 Å². The highest BCUT2D eigenvalue weighted by Crippen LogP contribution is 2.34. The number of carbonyl (C=O) groups excluding carboxylic acids is 3. The Hall–Kier alpha value is -4.70. The SMILES string of the molecule is Cc1[nH]c(/C=C2\C(=O)Nc3ccc(F)cc32)c(C)c1C(=O)NCCOc1ccc(/C=C/C(=O)NO)cc1. The van der Waals surface area contributed by atoms with Crippen LogP contribution in [0.25, 0.3) is 17.7 Å². The molecule has 0 bridgehead atoms. The Balaban J connectivity index is 1.37. The van der Waals surface area contributed by atoms with Gasteiger partial charge in [0, 0.05) is 28.7 Å². The summed E-state index contributed by atoms with van der Waals surface area (Å²) in [5, 5.41) is 14.0. The van der Waals surface area contributed by atoms with Gasteiger partial charge in [0.05, 0.1) is 17.7 Å². The van der Waals surface area contributed by atoms with Crippen molar-refractivity contribution in [3.63, 3.8) is 0 Å². The predicted molar refractivity (Wildman–Crippen MR) is 136 cm³/mol. The van der Waals surface area contributed by atoms with Crippen molar-refractivity contribution < 1.29 is 28.7 Å². The van der Waals surface area contributed by atoms with E-state index in [9.17, 15) is 18.8 Å². The first-order chi connectivity index (χ1) is 17.8. The summed E-state index contributed by atoms with van der Waals surface area (Å²) in [6.07, 6.45) is 4.36. The standard InChI is InChI=1S/C27H25FN4O5/c1-15-23(14-21-20-13-18(28)6-9-22(20)31-26(21)34)30-16(2)25(15)27(35)29-11-12-37-19-7-3-17(4-8-19)5-10-24(33)32-36/h3-10,13-14,30,36H,11-12H2,1-2H3,(H,29,35)(H,31,34)(H,32,33)/b10-5+,21-14-. The number of halogens is 1. The first-order valence-corrected chi connectivity index (χ1v) is 11.4. The van der Waals surface area contributed by atoms with E-state index >= 15 is 0 Å². The third kappa shape index (κ3) is 5.76. The molecule has 5 N–H and O–H groups in total. The molecule has 2 aromatic carbocycles. The van der Waals surface area contributed by atoms with E-state index in [1.165, 1.54) is 35.8 Å². The van der Waals surface area contributed by atoms with Crippen LogP contribution in [0.4, 0.5) is 10.1 Å². The van der Waals surface area contributed by atoms with E-state index in [0.717, 1.165) is 5.56 Å². The first-order valence-electron chi connectivity index (χ1n) is 11.4. The van der Waals surface area contributed by atoms with Crippen molar-refractivity contribution in [2.75, 3.05) is 18.5 Å². The molecule has 0 fully saturated rings. The number of anilines is 1. The number of nitrogens with one attached hydrogen (secondary N) is 4. The molecule has 37 heavy (non-hydrogen) atoms. The van der Waals surface area contributed by atoms with Crippen LogP contribution in [0.1, 0.15) is 38.4 Å². The Kier molecular flexibility index (Phi) is 7.49. The van der Waals surface area contributed by atoms with Crippen LogP contribution in [0.3, 0.4) is 0 Å². The lowest BCUT2D eigenvalue weighted by atomic mass is 10.0. The quantitative estimate of drug-likeness (QED) is 0.138. The molecule has 10 heteroatoms. The van der Waals surface area contributed by atoms with Crippen LogP contribution in [0, 0.1) is 19.7 Å². The van der Waals surface area contributed by atoms with E-state index in [2.05, 4.69) is 15.6 Å². The van der Waals surface area contributed by atoms with Crippen LogP contribution in [-0.2, 0) is 9.59 Å². The number of fused-ring (bicyclic) bond motifs is 1. The summed E-state index contributed by atoms with van der Waals surface area (Å²) in [4.78, 5) is 39.5. The molecule has 1 aromatic heterocycles. The third-order valence-corrected chi connectivity index (χ3v) is 5.83. The Labute approximate surface area is 212 Å². The highest BCUT2D eigenvalue weighted by atomic mass is 19.1. The lowest BCUT2D eigenvalue weighted by Gasteiger charge is -2.09. The summed E-state index contributed by atoms with van der Waals surface area (Å²) in [5.41, 5.74) is 5.95. The van der Waals surface area contributed by atoms with Crippen LogP contribution < -0.4 is 20.9 Å². The summed E-state index contributed by atoms with van der Waals surface area (Å²) >= 11 is 0. The number of aryl methyl sites for hydroxylation is 1. The molecule has 0 saturated heterocycles. The number of benzene rings is 2. The molecule has 1 aliphatic heterocycles. The number of aromatic nitrogens is 1. The average molecular weight is 505 g/mol. The number of aromatic amines is 1. The van der Waals surface area contributed by atoms with Gasteiger partial charge in [-0.2, -0.15) is 0 Å². The van der Waals surface area contributed by atoms with E-state index in [0.29, 0.717) is 45.1 Å². The van der Waals surface area contributed by atoms with Crippen molar-refractivity contribution in [1.29, 1.82) is 0 Å². The number of ether oxygens (including phenoxy) is 1. The van der Waals surface area contributed by atoms with Gasteiger partial charge in [0.15, 0.2) is 0 Å². The zero-order valence-electron chi connectivity index (χ0n) is 20.1. The summed E-state index contributed by atoms with van der Waals surface area (Å²) in [5.74, 6) is -1.10. The highest BCUT2D eigenvalue weighted by molar-refractivity contribution is 6.34. The van der Waals surface area contributed by atoms with Gasteiger partial charge in [-0.05, 0) is 67.5 Å². The number of hydroxylamine groups is 1. The number of rotatable bonds is 8. The largest absolute Gasteiger partial charge is 0.492 e. The monoisotopic (exact) mass is 504 g/mol. The molecule has 3 amide bonds. The molecule has 9 nitrogen and oxygen atoms in total. The van der Waals surface area contributed by atoms with E-state index in [-0.39, 0.29) is 25.0 Å². The minimum absolute atomic E-state index is 0.232. The second kappa shape index (κ2) is 10.9. The second-order valence-electron chi connectivity index (χ2n) is 8.35. The molecule has 2 heterocycles. The second-order valence-corrected chi connectivity index (χ2v) is 8.35. The molecule has 4 rings (SSSR count). The number of amides is 3. The van der Waals surface area contributed by atoms with Crippen LogP contribution >= 0.6 is 0 Å². The topological polar surface area (TPSA) is 133 Å². The molecular formula is C27H25FN4O5. The van der Waals surface area contributed by atoms with E-state index in [1.807, 2.05) is 0 Å². The molecule has 0 atom stereocenters. The van der Waals surface area contributed by atoms with Gasteiger partial charge in [0.1, 0.15) is 18.2 Å². The van der Waals surface area contributed by atoms with Crippen molar-refractivity contribution in [3.8, 4) is 5.75 Å². The van der Waals surface area contributed by atoms with Gasteiger partial charge in [0.2, 0.25) is 0 Å². The number of carbonyl (C=O) groups is 3. The van der Waals surface area contributed by atoms with Gasteiger partial charge in [-0.1, -0.05) is 12.1 Å². The average Bonchev–Trinajstić information content (AvgIpc) is 3.34. The maximum absolute atomic E-state index is 13.7. The Morgan fingerprint density at radius 1 is 1.14 bits per heavy atom. The van der Waals surface area contributed by atoms with Crippen molar-refractivity contribution in [2.24, 2.45) is 0 Å². The molecule has 0 aliphatic carbocycles. The van der Waals surface area contributed by atoms with Crippen LogP contribution in [0.2, 0.25) is 0 Å². The van der Waals surface area contributed by atoms with Crippen LogP contribution in [0.5, 0.6) is 5.75 Å². The van der Waals surface area contributed by atoms with Crippen molar-refractivity contribution in [2.45, 2.75) is 13.8 Å². The predicted octanol–water partition coefficient (Wildman–Crippen LogP) is 3.59. The van der Waals surface area contributed by atoms with Gasteiger partial charge >= 0.3 is 0 Å². The Morgan fingerprint density at radius 3 is 2.62 bits per heavy atom. The number of H-pyrrole nitrogens is 1. The van der Waals surface area contributed by atoms with Crippen molar-refractivity contribution in [3.05, 3.63) is 88.0 Å². The van der Waals surface area contributed by atoms with Gasteiger partial charge in [-0.15, -0.1) is 0 Å². The van der Waals surface area contributed by atoms with E-state index in [1.54, 1.807) is 44.2 Å². The number of hydrogen-bond acceptors (Lipinski definition) is 5. The normalized spacial score (nSPS) is 13.5. The maximum atomic E-state index is 13.7. The smallest absolute Gasteiger partial charge is 0.267 e. The van der Waals surface area contributed by atoms with Gasteiger partial charge in [0.25, 0.3) is 17.7 Å². The zero-order valence-corrected chi connectivity index (χ0v) is 20.1. The molecule has 0 unspecified atom stereocenters. The van der Waals surface area contributed by atoms with Gasteiger partial charge in [-0.3, -0.25) is 19.6 Å². The minimum atomic E-state index is -0.627. The molecule has 3 aromatic rings. The molecule has 0 saturated carbocycles. The summed E-state index contributed by atoms with van der Waals surface area (Å²) in [6.45, 7) is 4.03. The molecular weight excluding hydrogens is 479 g/mol. The summed E-state index contributed by atoms with van der Waals surface area (Å²) in [6, 6.07) is 11.0. The number of hydrogen-bond donors (Lipinski definition) is 5. The minimum Gasteiger partial charge on any atom is -0.492 e. The highest BCUT2D eigenvalue weighted by Gasteiger charge is 2.26. The third-order valence-electron chi connectivity index (χ3n) is 5.83. The lowest BCUT2D eigenvalue weighted by Crippen LogP contribution is -2.28. The molecule has 1 aliphatic rings. The maximum Gasteiger partial charge on any atom is 0.267 e. The summed E-state index contributed by atoms with van der Waals surface area (Å²) < 4.78 is 19.4. The summed E-state index contributed by atoms with van der Waals surface area (Å²) in [7, 11) is 0. The molecule has 0 spiro atoms. The fraction of sp³-hybridized carbons (Fsp3) is 0.148. The van der Waals surface area contributed by atoms with Crippen LogP contribution in [-0.4, -0.2) is 41.1 Å². The van der Waals surface area contributed by atoms with E-state index < -0.39 is 11.7 Å².